The molecule has 9 heteroatoms. The van der Waals surface area contributed by atoms with Gasteiger partial charge in [-0.2, -0.15) is 0 Å². The van der Waals surface area contributed by atoms with Gasteiger partial charge in [-0.3, -0.25) is 4.90 Å². The summed E-state index contributed by atoms with van der Waals surface area (Å²) in [6.07, 6.45) is 7.43. The highest BCUT2D eigenvalue weighted by atomic mass is 32.2. The van der Waals surface area contributed by atoms with Crippen LogP contribution in [-0.2, 0) is 14.8 Å². The van der Waals surface area contributed by atoms with Crippen LogP contribution < -0.4 is 15.0 Å². The lowest BCUT2D eigenvalue weighted by Gasteiger charge is -2.35. The molecule has 0 bridgehead atoms. The number of benzene rings is 1. The van der Waals surface area contributed by atoms with Crippen molar-refractivity contribution < 1.29 is 23.1 Å². The third-order valence-corrected chi connectivity index (χ3v) is 6.73. The van der Waals surface area contributed by atoms with Crippen molar-refractivity contribution in [1.29, 1.82) is 0 Å². The van der Waals surface area contributed by atoms with Gasteiger partial charge in [0.25, 0.3) is 0 Å². The second-order valence-corrected chi connectivity index (χ2v) is 9.07. The van der Waals surface area contributed by atoms with E-state index >= 15 is 0 Å². The quantitative estimate of drug-likeness (QED) is 0.551. The number of hydrogen-bond donors (Lipinski definition) is 3. The summed E-state index contributed by atoms with van der Waals surface area (Å²) >= 11 is 0. The smallest absolute Gasteiger partial charge is 0.335 e. The first kappa shape index (κ1) is 21.5. The molecule has 1 aliphatic carbocycles. The molecule has 3 N–H and O–H groups in total. The lowest BCUT2D eigenvalue weighted by atomic mass is 10.1. The van der Waals surface area contributed by atoms with Gasteiger partial charge in [0.05, 0.1) is 24.1 Å². The summed E-state index contributed by atoms with van der Waals surface area (Å²) in [6, 6.07) is 7.50. The fourth-order valence-electron chi connectivity index (χ4n) is 3.57. The molecule has 0 spiro atoms. The van der Waals surface area contributed by atoms with Gasteiger partial charge < -0.3 is 9.84 Å². The molecule has 29 heavy (non-hydrogen) atoms. The van der Waals surface area contributed by atoms with Crippen LogP contribution in [0.1, 0.15) is 37.4 Å². The maximum atomic E-state index is 12.8. The Kier molecular flexibility index (Phi) is 7.07. The number of carboxylic acids is 1. The molecule has 2 aliphatic rings. The van der Waals surface area contributed by atoms with E-state index < -0.39 is 21.2 Å². The highest BCUT2D eigenvalue weighted by Crippen LogP contribution is 2.24. The molecule has 0 radical (unpaired) electrons. The summed E-state index contributed by atoms with van der Waals surface area (Å²) in [5, 5.41) is 8.19. The largest absolute Gasteiger partial charge is 0.497 e. The number of rotatable bonds is 8. The number of hydrogen-bond acceptors (Lipinski definition) is 6. The molecule has 1 fully saturated rings. The average Bonchev–Trinajstić information content (AvgIpc) is 2.75. The van der Waals surface area contributed by atoms with Gasteiger partial charge in [0.2, 0.25) is 10.0 Å². The fourth-order valence-corrected chi connectivity index (χ4v) is 4.69. The molecule has 8 nitrogen and oxygen atoms in total. The first-order valence-corrected chi connectivity index (χ1v) is 11.2. The van der Waals surface area contributed by atoms with Gasteiger partial charge in [-0.05, 0) is 50.0 Å². The summed E-state index contributed by atoms with van der Waals surface area (Å²) in [6.45, 7) is 1.72. The minimum absolute atomic E-state index is 0.0191. The Morgan fingerprint density at radius 3 is 2.52 bits per heavy atom. The number of piperidine rings is 1. The number of allylic oxidation sites excluding steroid dienone is 1. The Balaban J connectivity index is 1.76. The Bertz CT molecular complexity index is 874. The Morgan fingerprint density at radius 2 is 1.90 bits per heavy atom. The molecule has 1 saturated heterocycles. The van der Waals surface area contributed by atoms with Gasteiger partial charge in [-0.15, -0.1) is 4.83 Å². The number of methoxy groups -OCH3 is 1. The van der Waals surface area contributed by atoms with Crippen molar-refractivity contribution in [3.8, 4) is 5.75 Å². The number of carbonyl (C=O) groups is 1. The van der Waals surface area contributed by atoms with Crippen molar-refractivity contribution >= 4 is 16.0 Å². The van der Waals surface area contributed by atoms with Crippen LogP contribution in [0.5, 0.6) is 5.75 Å². The standard InChI is InChI=1S/C20H27N3O5S/c1-28-17-10-8-15(9-11-17)19(23-12-3-2-4-13-23)21-22-29(26,27)18-7-5-6-16(14-18)20(24)25/h5-6,8-11,14,18-19,21-22H,2-4,7,12-13H2,1H3,(H,24,25). The van der Waals surface area contributed by atoms with E-state index in [0.717, 1.165) is 43.7 Å². The van der Waals surface area contributed by atoms with Gasteiger partial charge in [-0.1, -0.05) is 36.8 Å². The number of nitrogens with zero attached hydrogens (tertiary/aromatic N) is 1. The summed E-state index contributed by atoms with van der Waals surface area (Å²) in [7, 11) is -2.21. The van der Waals surface area contributed by atoms with Crippen LogP contribution in [0, 0.1) is 0 Å². The first-order chi connectivity index (χ1) is 13.9. The molecule has 1 aliphatic heterocycles. The van der Waals surface area contributed by atoms with Crippen molar-refractivity contribution in [2.45, 2.75) is 37.1 Å². The number of ether oxygens (including phenoxy) is 1. The normalized spacial score (nSPS) is 21.4. The number of likely N-dealkylation sites (tertiary alicyclic amines) is 1. The summed E-state index contributed by atoms with van der Waals surface area (Å²) in [4.78, 5) is 15.9. The van der Waals surface area contributed by atoms with Crippen molar-refractivity contribution in [3.05, 3.63) is 53.6 Å². The minimum atomic E-state index is -3.81. The zero-order valence-corrected chi connectivity index (χ0v) is 17.2. The highest BCUT2D eigenvalue weighted by molar-refractivity contribution is 7.90. The molecule has 3 rings (SSSR count). The van der Waals surface area contributed by atoms with Crippen LogP contribution in [0.25, 0.3) is 0 Å². The van der Waals surface area contributed by atoms with Crippen LogP contribution in [0.15, 0.2) is 48.1 Å². The Morgan fingerprint density at radius 1 is 1.21 bits per heavy atom. The van der Waals surface area contributed by atoms with E-state index in [-0.39, 0.29) is 18.2 Å². The molecule has 0 amide bonds. The summed E-state index contributed by atoms with van der Waals surface area (Å²) in [5.74, 6) is -0.411. The predicted molar refractivity (Wildman–Crippen MR) is 110 cm³/mol. The number of carboxylic acid groups (broad SMARTS) is 1. The number of sulfonamides is 1. The lowest BCUT2D eigenvalue weighted by molar-refractivity contribution is -0.132. The van der Waals surface area contributed by atoms with E-state index in [1.807, 2.05) is 24.3 Å². The van der Waals surface area contributed by atoms with Crippen LogP contribution in [0.2, 0.25) is 0 Å². The second-order valence-electron chi connectivity index (χ2n) is 7.17. The maximum absolute atomic E-state index is 12.8. The van der Waals surface area contributed by atoms with Crippen molar-refractivity contribution in [2.75, 3.05) is 20.2 Å². The minimum Gasteiger partial charge on any atom is -0.497 e. The molecule has 0 saturated carbocycles. The van der Waals surface area contributed by atoms with Crippen LogP contribution in [0.3, 0.4) is 0 Å². The average molecular weight is 422 g/mol. The third-order valence-electron chi connectivity index (χ3n) is 5.20. The van der Waals surface area contributed by atoms with Crippen LogP contribution in [0.4, 0.5) is 0 Å². The zero-order valence-electron chi connectivity index (χ0n) is 16.4. The van der Waals surface area contributed by atoms with Gasteiger partial charge in [-0.25, -0.2) is 18.6 Å². The van der Waals surface area contributed by atoms with Gasteiger partial charge >= 0.3 is 5.97 Å². The highest BCUT2D eigenvalue weighted by Gasteiger charge is 2.29. The zero-order chi connectivity index (χ0) is 20.9. The number of hydrazine groups is 1. The molecular weight excluding hydrogens is 394 g/mol. The van der Waals surface area contributed by atoms with Gasteiger partial charge in [0, 0.05) is 0 Å². The van der Waals surface area contributed by atoms with E-state index in [0.29, 0.717) is 0 Å². The van der Waals surface area contributed by atoms with Crippen LogP contribution in [-0.4, -0.2) is 49.8 Å². The molecule has 2 atom stereocenters. The fraction of sp³-hybridized carbons (Fsp3) is 0.450. The molecule has 2 unspecified atom stereocenters. The monoisotopic (exact) mass is 421 g/mol. The van der Waals surface area contributed by atoms with Crippen LogP contribution >= 0.6 is 0 Å². The molecule has 1 aromatic carbocycles. The van der Waals surface area contributed by atoms with E-state index in [9.17, 15) is 13.2 Å². The third kappa shape index (κ3) is 5.45. The van der Waals surface area contributed by atoms with Gasteiger partial charge in [0.1, 0.15) is 5.75 Å². The molecule has 0 aromatic heterocycles. The predicted octanol–water partition coefficient (Wildman–Crippen LogP) is 1.94. The van der Waals surface area contributed by atoms with E-state index in [1.165, 1.54) is 12.2 Å². The lowest BCUT2D eigenvalue weighted by Crippen LogP contribution is -2.50. The van der Waals surface area contributed by atoms with Crippen molar-refractivity contribution in [2.24, 2.45) is 0 Å². The molecule has 158 valence electrons. The van der Waals surface area contributed by atoms with E-state index in [1.54, 1.807) is 13.2 Å². The van der Waals surface area contributed by atoms with Gasteiger partial charge in [0.15, 0.2) is 0 Å². The SMILES string of the molecule is COc1ccc(C(NNS(=O)(=O)C2C=C(C(=O)O)C=CC2)N2CCCCC2)cc1. The van der Waals surface area contributed by atoms with E-state index in [2.05, 4.69) is 15.2 Å². The van der Waals surface area contributed by atoms with E-state index in [4.69, 9.17) is 9.84 Å². The topological polar surface area (TPSA) is 108 Å². The molecule has 1 heterocycles. The second kappa shape index (κ2) is 9.53. The van der Waals surface area contributed by atoms with Crippen molar-refractivity contribution in [1.82, 2.24) is 15.2 Å². The number of aliphatic carboxylic acids is 1. The number of nitrogens with one attached hydrogen (secondary N) is 2. The maximum Gasteiger partial charge on any atom is 0.335 e. The summed E-state index contributed by atoms with van der Waals surface area (Å²) in [5.41, 5.74) is 3.87. The Hall–Kier alpha value is -2.20. The van der Waals surface area contributed by atoms with Crippen molar-refractivity contribution in [3.63, 3.8) is 0 Å². The first-order valence-electron chi connectivity index (χ1n) is 9.66. The summed E-state index contributed by atoms with van der Waals surface area (Å²) < 4.78 is 30.8. The molecule has 1 aromatic rings. The molecular formula is C20H27N3O5S. The Labute approximate surface area is 171 Å².